The van der Waals surface area contributed by atoms with E-state index >= 15 is 0 Å². The maximum absolute atomic E-state index is 2.69. The number of rotatable bonds is 1. The van der Waals surface area contributed by atoms with Gasteiger partial charge in [-0.15, -0.1) is 0 Å². The van der Waals surface area contributed by atoms with E-state index in [4.69, 9.17) is 0 Å². The van der Waals surface area contributed by atoms with E-state index in [9.17, 15) is 0 Å². The summed E-state index contributed by atoms with van der Waals surface area (Å²) >= 11 is 0. The zero-order chi connectivity index (χ0) is 12.8. The molecule has 0 amide bonds. The quantitative estimate of drug-likeness (QED) is 0.605. The van der Waals surface area contributed by atoms with E-state index in [0.29, 0.717) is 6.04 Å². The Morgan fingerprint density at radius 2 is 1.78 bits per heavy atom. The average molecular weight is 249 g/mol. The fourth-order valence-electron chi connectivity index (χ4n) is 3.55. The second-order valence-corrected chi connectivity index (χ2v) is 6.51. The van der Waals surface area contributed by atoms with E-state index in [1.807, 2.05) is 0 Å². The van der Waals surface area contributed by atoms with E-state index in [0.717, 1.165) is 5.92 Å². The Morgan fingerprint density at radius 1 is 1.06 bits per heavy atom. The minimum Gasteiger partial charge on any atom is -0.300 e. The van der Waals surface area contributed by atoms with Crippen LogP contribution in [0.5, 0.6) is 0 Å². The molecule has 0 radical (unpaired) electrons. The van der Waals surface area contributed by atoms with Crippen molar-refractivity contribution in [3.05, 3.63) is 11.6 Å². The molecule has 1 nitrogen and oxygen atoms in total. The third kappa shape index (κ3) is 4.12. The van der Waals surface area contributed by atoms with Crippen LogP contribution < -0.4 is 0 Å². The van der Waals surface area contributed by atoms with Crippen molar-refractivity contribution in [3.63, 3.8) is 0 Å². The maximum atomic E-state index is 2.69. The van der Waals surface area contributed by atoms with Crippen LogP contribution in [0.25, 0.3) is 0 Å². The van der Waals surface area contributed by atoms with Crippen molar-refractivity contribution >= 4 is 0 Å². The smallest absolute Gasteiger partial charge is 0.00498 e. The summed E-state index contributed by atoms with van der Waals surface area (Å²) in [4.78, 5) is 2.69. The summed E-state index contributed by atoms with van der Waals surface area (Å²) in [6.07, 6.45) is 15.4. The van der Waals surface area contributed by atoms with E-state index in [1.165, 1.54) is 70.9 Å². The van der Waals surface area contributed by atoms with Crippen LogP contribution in [0.15, 0.2) is 11.6 Å². The van der Waals surface area contributed by atoms with Gasteiger partial charge < -0.3 is 4.90 Å². The largest absolute Gasteiger partial charge is 0.300 e. The van der Waals surface area contributed by atoms with Gasteiger partial charge in [0.15, 0.2) is 0 Å². The standard InChI is InChI=1S/C17H31N/c1-15(2)18-13-9-12-16-10-7-5-3-4-6-8-11-17(16)14-18/h12,15,17H,3-11,13-14H2,1-2H3. The summed E-state index contributed by atoms with van der Waals surface area (Å²) in [5, 5.41) is 0. The highest BCUT2D eigenvalue weighted by atomic mass is 15.1. The topological polar surface area (TPSA) is 3.24 Å². The lowest BCUT2D eigenvalue weighted by Crippen LogP contribution is -2.35. The summed E-state index contributed by atoms with van der Waals surface area (Å²) in [5.74, 6) is 0.869. The molecule has 2 rings (SSSR count). The first-order valence-corrected chi connectivity index (χ1v) is 8.20. The first-order chi connectivity index (χ1) is 8.77. The second-order valence-electron chi connectivity index (χ2n) is 6.51. The SMILES string of the molecule is CC(C)N1CCC=C2CCCCCCCCC2C1. The van der Waals surface area contributed by atoms with Crippen molar-refractivity contribution in [2.45, 2.75) is 77.7 Å². The molecule has 1 heteroatoms. The molecule has 1 heterocycles. The zero-order valence-electron chi connectivity index (χ0n) is 12.5. The van der Waals surface area contributed by atoms with Crippen LogP contribution in [-0.4, -0.2) is 24.0 Å². The van der Waals surface area contributed by atoms with Gasteiger partial charge in [0.2, 0.25) is 0 Å². The van der Waals surface area contributed by atoms with E-state index in [2.05, 4.69) is 24.8 Å². The monoisotopic (exact) mass is 249 g/mol. The summed E-state index contributed by atoms with van der Waals surface area (Å²) < 4.78 is 0. The van der Waals surface area contributed by atoms with E-state index in [-0.39, 0.29) is 0 Å². The van der Waals surface area contributed by atoms with Crippen LogP contribution in [-0.2, 0) is 0 Å². The molecule has 0 aromatic rings. The van der Waals surface area contributed by atoms with Gasteiger partial charge >= 0.3 is 0 Å². The molecule has 1 aliphatic carbocycles. The molecule has 1 aliphatic heterocycles. The van der Waals surface area contributed by atoms with Crippen molar-refractivity contribution in [1.29, 1.82) is 0 Å². The lowest BCUT2D eigenvalue weighted by atomic mass is 9.87. The molecule has 104 valence electrons. The summed E-state index contributed by atoms with van der Waals surface area (Å²) in [6, 6.07) is 0.716. The average Bonchev–Trinajstić information content (AvgIpc) is 2.56. The predicted octanol–water partition coefficient (Wildman–Crippen LogP) is 4.78. The van der Waals surface area contributed by atoms with Gasteiger partial charge in [-0.2, -0.15) is 0 Å². The fourth-order valence-corrected chi connectivity index (χ4v) is 3.55. The van der Waals surface area contributed by atoms with Crippen LogP contribution in [0.1, 0.15) is 71.6 Å². The molecule has 18 heavy (non-hydrogen) atoms. The highest BCUT2D eigenvalue weighted by Crippen LogP contribution is 2.29. The molecule has 0 bridgehead atoms. The Balaban J connectivity index is 2.00. The Morgan fingerprint density at radius 3 is 2.56 bits per heavy atom. The van der Waals surface area contributed by atoms with E-state index in [1.54, 1.807) is 5.57 Å². The molecule has 0 N–H and O–H groups in total. The number of hydrogen-bond acceptors (Lipinski definition) is 1. The molecular formula is C17H31N. The van der Waals surface area contributed by atoms with Crippen molar-refractivity contribution in [2.24, 2.45) is 5.92 Å². The molecular weight excluding hydrogens is 218 g/mol. The number of hydrogen-bond donors (Lipinski definition) is 0. The van der Waals surface area contributed by atoms with Gasteiger partial charge in [-0.3, -0.25) is 0 Å². The molecule has 1 fully saturated rings. The third-order valence-electron chi connectivity index (χ3n) is 4.80. The highest BCUT2D eigenvalue weighted by Gasteiger charge is 2.22. The summed E-state index contributed by atoms with van der Waals surface area (Å²) in [5.41, 5.74) is 1.81. The van der Waals surface area contributed by atoms with Gasteiger partial charge in [-0.05, 0) is 45.4 Å². The van der Waals surface area contributed by atoms with Gasteiger partial charge in [0.1, 0.15) is 0 Å². The first-order valence-electron chi connectivity index (χ1n) is 8.20. The molecule has 0 aromatic carbocycles. The van der Waals surface area contributed by atoms with Crippen LogP contribution >= 0.6 is 0 Å². The number of fused-ring (bicyclic) bond motifs is 1. The van der Waals surface area contributed by atoms with Gasteiger partial charge in [-0.1, -0.05) is 43.8 Å². The molecule has 0 aromatic heterocycles. The lowest BCUT2D eigenvalue weighted by Gasteiger charge is -2.30. The van der Waals surface area contributed by atoms with Gasteiger partial charge in [-0.25, -0.2) is 0 Å². The second kappa shape index (κ2) is 7.33. The minimum atomic E-state index is 0.716. The predicted molar refractivity (Wildman–Crippen MR) is 79.8 cm³/mol. The van der Waals surface area contributed by atoms with Crippen LogP contribution in [0, 0.1) is 5.92 Å². The fraction of sp³-hybridized carbons (Fsp3) is 0.882. The molecule has 0 saturated heterocycles. The molecule has 1 atom stereocenters. The Bertz CT molecular complexity index is 267. The van der Waals surface area contributed by atoms with Gasteiger partial charge in [0.05, 0.1) is 0 Å². The normalized spacial score (nSPS) is 28.4. The van der Waals surface area contributed by atoms with Crippen molar-refractivity contribution in [3.8, 4) is 0 Å². The van der Waals surface area contributed by atoms with Crippen molar-refractivity contribution < 1.29 is 0 Å². The number of nitrogens with zero attached hydrogens (tertiary/aromatic N) is 1. The Hall–Kier alpha value is -0.300. The maximum Gasteiger partial charge on any atom is 0.00498 e. The molecule has 2 aliphatic rings. The molecule has 1 saturated carbocycles. The first kappa shape index (κ1) is 14.1. The lowest BCUT2D eigenvalue weighted by molar-refractivity contribution is 0.200. The van der Waals surface area contributed by atoms with Crippen LogP contribution in [0.4, 0.5) is 0 Å². The van der Waals surface area contributed by atoms with Crippen molar-refractivity contribution in [2.75, 3.05) is 13.1 Å². The zero-order valence-corrected chi connectivity index (χ0v) is 12.5. The minimum absolute atomic E-state index is 0.716. The third-order valence-corrected chi connectivity index (χ3v) is 4.80. The Labute approximate surface area is 114 Å². The summed E-state index contributed by atoms with van der Waals surface area (Å²) in [6.45, 7) is 7.30. The van der Waals surface area contributed by atoms with Gasteiger partial charge in [0.25, 0.3) is 0 Å². The summed E-state index contributed by atoms with van der Waals surface area (Å²) in [7, 11) is 0. The highest BCUT2D eigenvalue weighted by molar-refractivity contribution is 5.10. The molecule has 1 unspecified atom stereocenters. The van der Waals surface area contributed by atoms with Crippen molar-refractivity contribution in [1.82, 2.24) is 4.90 Å². The van der Waals surface area contributed by atoms with Crippen LogP contribution in [0.3, 0.4) is 0 Å². The van der Waals surface area contributed by atoms with E-state index < -0.39 is 0 Å². The molecule has 0 spiro atoms. The van der Waals surface area contributed by atoms with Gasteiger partial charge in [0, 0.05) is 19.1 Å². The van der Waals surface area contributed by atoms with Crippen LogP contribution in [0.2, 0.25) is 0 Å². The Kier molecular flexibility index (Phi) is 5.75.